The molecule has 0 atom stereocenters. The van der Waals surface area contributed by atoms with Gasteiger partial charge in [0.2, 0.25) is 10.0 Å². The number of rotatable bonds is 3. The number of nitrogens with two attached hydrogens (primary N) is 1. The molecule has 6 heteroatoms. The first-order chi connectivity index (χ1) is 7.99. The molecule has 0 saturated heterocycles. The van der Waals surface area contributed by atoms with E-state index in [9.17, 15) is 8.42 Å². The molecule has 0 aliphatic heterocycles. The van der Waals surface area contributed by atoms with Crippen molar-refractivity contribution in [1.82, 2.24) is 4.72 Å². The topological polar surface area (TPSA) is 72.2 Å². The van der Waals surface area contributed by atoms with Crippen molar-refractivity contribution in [1.29, 1.82) is 0 Å². The van der Waals surface area contributed by atoms with Gasteiger partial charge in [0, 0.05) is 16.2 Å². The van der Waals surface area contributed by atoms with E-state index in [0.29, 0.717) is 10.2 Å². The Labute approximate surface area is 109 Å². The molecular formula is C11H13BrN2O2S. The summed E-state index contributed by atoms with van der Waals surface area (Å²) in [5, 5.41) is 0. The zero-order valence-electron chi connectivity index (χ0n) is 9.06. The molecule has 0 unspecified atom stereocenters. The van der Waals surface area contributed by atoms with Crippen LogP contribution in [0.3, 0.4) is 0 Å². The fourth-order valence-corrected chi connectivity index (χ4v) is 3.49. The highest BCUT2D eigenvalue weighted by atomic mass is 79.9. The van der Waals surface area contributed by atoms with Gasteiger partial charge in [0.05, 0.1) is 4.90 Å². The lowest BCUT2D eigenvalue weighted by molar-refractivity contribution is 0.557. The quantitative estimate of drug-likeness (QED) is 0.662. The van der Waals surface area contributed by atoms with Gasteiger partial charge in [-0.25, -0.2) is 13.1 Å². The van der Waals surface area contributed by atoms with E-state index >= 15 is 0 Å². The van der Waals surface area contributed by atoms with Crippen LogP contribution in [0.15, 0.2) is 39.7 Å². The summed E-state index contributed by atoms with van der Waals surface area (Å²) in [6.45, 7) is 0. The minimum Gasteiger partial charge on any atom is -0.398 e. The first-order valence-electron chi connectivity index (χ1n) is 5.21. The van der Waals surface area contributed by atoms with Crippen LogP contribution in [0.4, 0.5) is 5.69 Å². The summed E-state index contributed by atoms with van der Waals surface area (Å²) < 4.78 is 27.4. The van der Waals surface area contributed by atoms with E-state index in [1.807, 2.05) is 12.2 Å². The van der Waals surface area contributed by atoms with Crippen LogP contribution in [0.5, 0.6) is 0 Å². The van der Waals surface area contributed by atoms with Crippen molar-refractivity contribution in [2.24, 2.45) is 0 Å². The SMILES string of the molecule is Nc1ccc(S(=O)(=O)NC2CC=CC2)cc1Br. The first-order valence-corrected chi connectivity index (χ1v) is 7.49. The second-order valence-electron chi connectivity index (χ2n) is 3.94. The number of nitrogens with one attached hydrogen (secondary N) is 1. The van der Waals surface area contributed by atoms with Crippen LogP contribution >= 0.6 is 15.9 Å². The van der Waals surface area contributed by atoms with E-state index < -0.39 is 10.0 Å². The van der Waals surface area contributed by atoms with E-state index in [0.717, 1.165) is 12.8 Å². The Balaban J connectivity index is 2.22. The molecule has 1 aromatic rings. The standard InChI is InChI=1S/C11H13BrN2O2S/c12-10-7-9(5-6-11(10)13)17(15,16)14-8-3-1-2-4-8/h1-2,5-8,14H,3-4,13H2. The van der Waals surface area contributed by atoms with Crippen molar-refractivity contribution >= 4 is 31.6 Å². The van der Waals surface area contributed by atoms with Crippen molar-refractivity contribution in [2.45, 2.75) is 23.8 Å². The first kappa shape index (κ1) is 12.6. The van der Waals surface area contributed by atoms with Crippen LogP contribution in [0.25, 0.3) is 0 Å². The average molecular weight is 317 g/mol. The van der Waals surface area contributed by atoms with Crippen molar-refractivity contribution in [3.63, 3.8) is 0 Å². The molecule has 2 rings (SSSR count). The Kier molecular flexibility index (Phi) is 3.56. The zero-order valence-corrected chi connectivity index (χ0v) is 11.5. The number of hydrogen-bond acceptors (Lipinski definition) is 3. The minimum atomic E-state index is -3.46. The Morgan fingerprint density at radius 1 is 1.29 bits per heavy atom. The van der Waals surface area contributed by atoms with Crippen LogP contribution in [0.2, 0.25) is 0 Å². The Morgan fingerprint density at radius 3 is 2.53 bits per heavy atom. The molecule has 0 fully saturated rings. The molecule has 1 aliphatic carbocycles. The fourth-order valence-electron chi connectivity index (χ4n) is 1.68. The van der Waals surface area contributed by atoms with E-state index in [2.05, 4.69) is 20.7 Å². The third-order valence-corrected chi connectivity index (χ3v) is 4.82. The van der Waals surface area contributed by atoms with Crippen molar-refractivity contribution in [2.75, 3.05) is 5.73 Å². The van der Waals surface area contributed by atoms with Crippen molar-refractivity contribution in [3.8, 4) is 0 Å². The van der Waals surface area contributed by atoms with Crippen LogP contribution in [-0.4, -0.2) is 14.5 Å². The van der Waals surface area contributed by atoms with E-state index in [4.69, 9.17) is 5.73 Å². The van der Waals surface area contributed by atoms with Gasteiger partial charge in [-0.05, 0) is 47.0 Å². The van der Waals surface area contributed by atoms with Gasteiger partial charge in [-0.2, -0.15) is 0 Å². The molecule has 0 amide bonds. The molecule has 0 spiro atoms. The van der Waals surface area contributed by atoms with Gasteiger partial charge in [0.15, 0.2) is 0 Å². The normalized spacial score (nSPS) is 16.5. The summed E-state index contributed by atoms with van der Waals surface area (Å²) in [4.78, 5) is 0.227. The molecule has 17 heavy (non-hydrogen) atoms. The third kappa shape index (κ3) is 2.88. The number of benzene rings is 1. The largest absolute Gasteiger partial charge is 0.398 e. The summed E-state index contributed by atoms with van der Waals surface area (Å²) in [5.41, 5.74) is 6.14. The number of nitrogen functional groups attached to an aromatic ring is 1. The Morgan fingerprint density at radius 2 is 1.94 bits per heavy atom. The van der Waals surface area contributed by atoms with Gasteiger partial charge >= 0.3 is 0 Å². The van der Waals surface area contributed by atoms with Gasteiger partial charge in [-0.1, -0.05) is 12.2 Å². The predicted molar refractivity (Wildman–Crippen MR) is 71.0 cm³/mol. The van der Waals surface area contributed by atoms with Crippen LogP contribution in [0.1, 0.15) is 12.8 Å². The molecule has 4 nitrogen and oxygen atoms in total. The molecule has 0 heterocycles. The number of halogens is 1. The maximum Gasteiger partial charge on any atom is 0.240 e. The summed E-state index contributed by atoms with van der Waals surface area (Å²) in [6, 6.07) is 4.56. The fraction of sp³-hybridized carbons (Fsp3) is 0.273. The monoisotopic (exact) mass is 316 g/mol. The predicted octanol–water partition coefficient (Wildman–Crippen LogP) is 2.03. The molecule has 1 aromatic carbocycles. The highest BCUT2D eigenvalue weighted by Gasteiger charge is 2.20. The lowest BCUT2D eigenvalue weighted by Gasteiger charge is -2.13. The molecule has 3 N–H and O–H groups in total. The smallest absolute Gasteiger partial charge is 0.240 e. The van der Waals surface area contributed by atoms with Gasteiger partial charge in [-0.15, -0.1) is 0 Å². The molecule has 92 valence electrons. The molecule has 0 radical (unpaired) electrons. The molecule has 1 aliphatic rings. The van der Waals surface area contributed by atoms with E-state index in [-0.39, 0.29) is 10.9 Å². The number of anilines is 1. The van der Waals surface area contributed by atoms with Gasteiger partial charge in [-0.3, -0.25) is 0 Å². The Bertz CT molecular complexity index is 547. The van der Waals surface area contributed by atoms with Gasteiger partial charge in [0.25, 0.3) is 0 Å². The van der Waals surface area contributed by atoms with Gasteiger partial charge < -0.3 is 5.73 Å². The van der Waals surface area contributed by atoms with E-state index in [1.165, 1.54) is 12.1 Å². The second kappa shape index (κ2) is 4.80. The lowest BCUT2D eigenvalue weighted by atomic mass is 10.3. The van der Waals surface area contributed by atoms with Crippen molar-refractivity contribution in [3.05, 3.63) is 34.8 Å². The van der Waals surface area contributed by atoms with Crippen molar-refractivity contribution < 1.29 is 8.42 Å². The van der Waals surface area contributed by atoms with E-state index in [1.54, 1.807) is 6.07 Å². The highest BCUT2D eigenvalue weighted by molar-refractivity contribution is 9.10. The minimum absolute atomic E-state index is 0.0312. The van der Waals surface area contributed by atoms with Gasteiger partial charge in [0.1, 0.15) is 0 Å². The summed E-state index contributed by atoms with van der Waals surface area (Å²) in [6.07, 6.45) is 5.45. The van der Waals surface area contributed by atoms with Crippen LogP contribution in [-0.2, 0) is 10.0 Å². The summed E-state index contributed by atoms with van der Waals surface area (Å²) in [5.74, 6) is 0. The van der Waals surface area contributed by atoms with Crippen LogP contribution in [0, 0.1) is 0 Å². The number of sulfonamides is 1. The highest BCUT2D eigenvalue weighted by Crippen LogP contribution is 2.23. The summed E-state index contributed by atoms with van der Waals surface area (Å²) in [7, 11) is -3.46. The second-order valence-corrected chi connectivity index (χ2v) is 6.51. The van der Waals surface area contributed by atoms with Crippen LogP contribution < -0.4 is 10.5 Å². The number of hydrogen-bond donors (Lipinski definition) is 2. The average Bonchev–Trinajstić information content (AvgIpc) is 2.73. The third-order valence-electron chi connectivity index (χ3n) is 2.61. The maximum atomic E-state index is 12.1. The Hall–Kier alpha value is -0.850. The molecular weight excluding hydrogens is 304 g/mol. The molecule has 0 bridgehead atoms. The lowest BCUT2D eigenvalue weighted by Crippen LogP contribution is -2.32. The zero-order chi connectivity index (χ0) is 12.5. The summed E-state index contributed by atoms with van der Waals surface area (Å²) >= 11 is 3.22. The molecule has 0 saturated carbocycles. The molecule has 0 aromatic heterocycles. The maximum absolute atomic E-state index is 12.1.